The Bertz CT molecular complexity index is 604. The standard InChI is InChI=1S/C13H18FN3O3S/c14-12-3-1-10(2-4-12)7-16-13(18)17-6-5-11(8-17)9-21(15,19)20/h1-4,11H,5-9H2,(H,16,18)(H2,15,19,20)/t11-/m0/s1. The maximum atomic E-state index is 12.8. The molecule has 1 aromatic rings. The number of halogens is 1. The third-order valence-corrected chi connectivity index (χ3v) is 4.33. The van der Waals surface area contributed by atoms with Gasteiger partial charge in [-0.25, -0.2) is 22.7 Å². The van der Waals surface area contributed by atoms with Gasteiger partial charge in [-0.1, -0.05) is 12.1 Å². The Kier molecular flexibility index (Phi) is 4.79. The third-order valence-electron chi connectivity index (χ3n) is 3.40. The van der Waals surface area contributed by atoms with Crippen LogP contribution in [-0.4, -0.2) is 38.2 Å². The summed E-state index contributed by atoms with van der Waals surface area (Å²) in [4.78, 5) is 13.5. The second-order valence-electron chi connectivity index (χ2n) is 5.22. The molecule has 0 aliphatic carbocycles. The lowest BCUT2D eigenvalue weighted by Gasteiger charge is -2.17. The highest BCUT2D eigenvalue weighted by molar-refractivity contribution is 7.89. The van der Waals surface area contributed by atoms with Crippen LogP contribution in [0.25, 0.3) is 0 Å². The Labute approximate surface area is 123 Å². The summed E-state index contributed by atoms with van der Waals surface area (Å²) in [6.45, 7) is 1.19. The number of urea groups is 1. The van der Waals surface area contributed by atoms with Crippen LogP contribution in [0.15, 0.2) is 24.3 Å². The molecule has 1 fully saturated rings. The van der Waals surface area contributed by atoms with Crippen LogP contribution in [-0.2, 0) is 16.6 Å². The minimum absolute atomic E-state index is 0.102. The molecule has 3 N–H and O–H groups in total. The normalized spacial score (nSPS) is 18.8. The molecule has 2 rings (SSSR count). The number of nitrogens with zero attached hydrogens (tertiary/aromatic N) is 1. The first-order chi connectivity index (χ1) is 9.83. The molecular formula is C13H18FN3O3S. The van der Waals surface area contributed by atoms with Crippen LogP contribution in [0.5, 0.6) is 0 Å². The zero-order chi connectivity index (χ0) is 15.5. The topological polar surface area (TPSA) is 92.5 Å². The maximum absolute atomic E-state index is 12.8. The number of benzene rings is 1. The van der Waals surface area contributed by atoms with Crippen molar-refractivity contribution >= 4 is 16.1 Å². The van der Waals surface area contributed by atoms with Gasteiger partial charge in [-0.3, -0.25) is 0 Å². The van der Waals surface area contributed by atoms with Crippen molar-refractivity contribution in [3.8, 4) is 0 Å². The number of carbonyl (C=O) groups is 1. The predicted molar refractivity (Wildman–Crippen MR) is 76.3 cm³/mol. The van der Waals surface area contributed by atoms with Gasteiger partial charge in [-0.05, 0) is 30.0 Å². The summed E-state index contributed by atoms with van der Waals surface area (Å²) in [5, 5.41) is 7.73. The van der Waals surface area contributed by atoms with Gasteiger partial charge in [0.1, 0.15) is 5.82 Å². The number of hydrogen-bond acceptors (Lipinski definition) is 3. The summed E-state index contributed by atoms with van der Waals surface area (Å²) < 4.78 is 34.8. The number of sulfonamides is 1. The number of amides is 2. The van der Waals surface area contributed by atoms with E-state index in [-0.39, 0.29) is 23.5 Å². The molecule has 1 aromatic carbocycles. The van der Waals surface area contributed by atoms with Crippen LogP contribution in [0.4, 0.5) is 9.18 Å². The van der Waals surface area contributed by atoms with Gasteiger partial charge in [0.2, 0.25) is 10.0 Å². The summed E-state index contributed by atoms with van der Waals surface area (Å²) >= 11 is 0. The molecule has 0 bridgehead atoms. The predicted octanol–water partition coefficient (Wildman–Crippen LogP) is 0.646. The molecule has 0 saturated carbocycles. The molecule has 116 valence electrons. The van der Waals surface area contributed by atoms with Crippen LogP contribution < -0.4 is 10.5 Å². The molecule has 1 aliphatic heterocycles. The fourth-order valence-corrected chi connectivity index (χ4v) is 3.30. The van der Waals surface area contributed by atoms with Gasteiger partial charge in [0.25, 0.3) is 0 Å². The summed E-state index contributed by atoms with van der Waals surface area (Å²) in [5.74, 6) is -0.540. The van der Waals surface area contributed by atoms with Gasteiger partial charge in [-0.15, -0.1) is 0 Å². The summed E-state index contributed by atoms with van der Waals surface area (Å²) in [6, 6.07) is 5.61. The van der Waals surface area contributed by atoms with Crippen molar-refractivity contribution < 1.29 is 17.6 Å². The number of likely N-dealkylation sites (tertiary alicyclic amines) is 1. The third kappa shape index (κ3) is 4.98. The van der Waals surface area contributed by atoms with E-state index >= 15 is 0 Å². The van der Waals surface area contributed by atoms with Crippen molar-refractivity contribution in [3.05, 3.63) is 35.6 Å². The fourth-order valence-electron chi connectivity index (χ4n) is 2.37. The zero-order valence-electron chi connectivity index (χ0n) is 11.5. The second-order valence-corrected chi connectivity index (χ2v) is 6.87. The molecule has 1 saturated heterocycles. The summed E-state index contributed by atoms with van der Waals surface area (Å²) in [6.07, 6.45) is 0.625. The fraction of sp³-hybridized carbons (Fsp3) is 0.462. The van der Waals surface area contributed by atoms with Gasteiger partial charge in [0.05, 0.1) is 5.75 Å². The van der Waals surface area contributed by atoms with Crippen LogP contribution in [0.3, 0.4) is 0 Å². The highest BCUT2D eigenvalue weighted by Gasteiger charge is 2.28. The average molecular weight is 315 g/mol. The van der Waals surface area contributed by atoms with Gasteiger partial charge in [0, 0.05) is 19.6 Å². The number of carbonyl (C=O) groups excluding carboxylic acids is 1. The van der Waals surface area contributed by atoms with Gasteiger partial charge in [-0.2, -0.15) is 0 Å². The van der Waals surface area contributed by atoms with E-state index in [1.54, 1.807) is 17.0 Å². The van der Waals surface area contributed by atoms with Crippen molar-refractivity contribution in [3.63, 3.8) is 0 Å². The SMILES string of the molecule is NS(=O)(=O)C[C@H]1CCN(C(=O)NCc2ccc(F)cc2)C1. The number of nitrogens with one attached hydrogen (secondary N) is 1. The summed E-state index contributed by atoms with van der Waals surface area (Å²) in [5.41, 5.74) is 0.796. The molecular weight excluding hydrogens is 297 g/mol. The van der Waals surface area contributed by atoms with Crippen molar-refractivity contribution in [1.82, 2.24) is 10.2 Å². The lowest BCUT2D eigenvalue weighted by molar-refractivity contribution is 0.207. The first kappa shape index (κ1) is 15.7. The van der Waals surface area contributed by atoms with E-state index in [2.05, 4.69) is 5.32 Å². The molecule has 0 aromatic heterocycles. The van der Waals surface area contributed by atoms with E-state index in [1.165, 1.54) is 12.1 Å². The molecule has 6 nitrogen and oxygen atoms in total. The lowest BCUT2D eigenvalue weighted by atomic mass is 10.2. The van der Waals surface area contributed by atoms with Gasteiger partial charge in [0.15, 0.2) is 0 Å². The van der Waals surface area contributed by atoms with Gasteiger partial charge < -0.3 is 10.2 Å². The minimum atomic E-state index is -3.51. The molecule has 1 aliphatic rings. The Morgan fingerprint density at radius 3 is 2.67 bits per heavy atom. The highest BCUT2D eigenvalue weighted by Crippen LogP contribution is 2.17. The monoisotopic (exact) mass is 315 g/mol. The van der Waals surface area contributed by atoms with Crippen LogP contribution in [0.1, 0.15) is 12.0 Å². The Morgan fingerprint density at radius 1 is 1.38 bits per heavy atom. The van der Waals surface area contributed by atoms with E-state index in [0.717, 1.165) is 5.56 Å². The molecule has 0 spiro atoms. The van der Waals surface area contributed by atoms with Crippen LogP contribution >= 0.6 is 0 Å². The van der Waals surface area contributed by atoms with Crippen molar-refractivity contribution in [2.75, 3.05) is 18.8 Å². The van der Waals surface area contributed by atoms with Crippen molar-refractivity contribution in [2.45, 2.75) is 13.0 Å². The Hall–Kier alpha value is -1.67. The molecule has 2 amide bonds. The van der Waals surface area contributed by atoms with E-state index in [9.17, 15) is 17.6 Å². The molecule has 0 unspecified atom stereocenters. The van der Waals surface area contributed by atoms with Crippen molar-refractivity contribution in [1.29, 1.82) is 0 Å². The maximum Gasteiger partial charge on any atom is 0.317 e. The first-order valence-corrected chi connectivity index (χ1v) is 8.33. The molecule has 1 atom stereocenters. The van der Waals surface area contributed by atoms with Crippen LogP contribution in [0.2, 0.25) is 0 Å². The lowest BCUT2D eigenvalue weighted by Crippen LogP contribution is -2.38. The van der Waals surface area contributed by atoms with Gasteiger partial charge >= 0.3 is 6.03 Å². The quantitative estimate of drug-likeness (QED) is 0.854. The number of hydrogen-bond donors (Lipinski definition) is 2. The molecule has 8 heteroatoms. The first-order valence-electron chi connectivity index (χ1n) is 6.61. The molecule has 21 heavy (non-hydrogen) atoms. The van der Waals surface area contributed by atoms with E-state index in [4.69, 9.17) is 5.14 Å². The van der Waals surface area contributed by atoms with E-state index < -0.39 is 10.0 Å². The van der Waals surface area contributed by atoms with Crippen LogP contribution in [0, 0.1) is 11.7 Å². The Balaban J connectivity index is 1.80. The number of primary sulfonamides is 1. The highest BCUT2D eigenvalue weighted by atomic mass is 32.2. The molecule has 0 radical (unpaired) electrons. The number of nitrogens with two attached hydrogens (primary N) is 1. The summed E-state index contributed by atoms with van der Waals surface area (Å²) in [7, 11) is -3.51. The smallest absolute Gasteiger partial charge is 0.317 e. The van der Waals surface area contributed by atoms with E-state index in [1.807, 2.05) is 0 Å². The van der Waals surface area contributed by atoms with Crippen molar-refractivity contribution in [2.24, 2.45) is 11.1 Å². The largest absolute Gasteiger partial charge is 0.334 e. The Morgan fingerprint density at radius 2 is 2.05 bits per heavy atom. The zero-order valence-corrected chi connectivity index (χ0v) is 12.3. The van der Waals surface area contributed by atoms with E-state index in [0.29, 0.717) is 26.1 Å². The molecule has 1 heterocycles. The number of rotatable bonds is 4. The average Bonchev–Trinajstić information content (AvgIpc) is 2.84. The second kappa shape index (κ2) is 6.40. The minimum Gasteiger partial charge on any atom is -0.334 e.